The number of fused-ring (bicyclic) bond motifs is 3. The first-order chi connectivity index (χ1) is 15.4. The Bertz CT molecular complexity index is 975. The quantitative estimate of drug-likeness (QED) is 0.641. The largest absolute Gasteiger partial charge is 0.481 e. The zero-order valence-electron chi connectivity index (χ0n) is 18.0. The van der Waals surface area contributed by atoms with E-state index in [4.69, 9.17) is 4.74 Å². The minimum absolute atomic E-state index is 0.0486. The van der Waals surface area contributed by atoms with E-state index in [1.54, 1.807) is 6.92 Å². The fourth-order valence-electron chi connectivity index (χ4n) is 4.75. The molecule has 0 bridgehead atoms. The Morgan fingerprint density at radius 3 is 2.28 bits per heavy atom. The number of carboxylic acids is 1. The summed E-state index contributed by atoms with van der Waals surface area (Å²) in [6.45, 7) is 1.77. The van der Waals surface area contributed by atoms with Gasteiger partial charge in [-0.15, -0.1) is 0 Å². The van der Waals surface area contributed by atoms with Crippen LogP contribution in [0, 0.1) is 5.92 Å². The topological polar surface area (TPSA) is 105 Å². The van der Waals surface area contributed by atoms with Crippen LogP contribution in [0.3, 0.4) is 0 Å². The van der Waals surface area contributed by atoms with Crippen LogP contribution in [0.4, 0.5) is 4.79 Å². The Morgan fingerprint density at radius 2 is 1.66 bits per heavy atom. The van der Waals surface area contributed by atoms with Crippen molar-refractivity contribution in [2.24, 2.45) is 5.92 Å². The first-order valence-corrected chi connectivity index (χ1v) is 11.1. The summed E-state index contributed by atoms with van der Waals surface area (Å²) < 4.78 is 5.49. The minimum Gasteiger partial charge on any atom is -0.481 e. The Morgan fingerprint density at radius 1 is 1.03 bits per heavy atom. The smallest absolute Gasteiger partial charge is 0.407 e. The minimum atomic E-state index is -0.825. The lowest BCUT2D eigenvalue weighted by atomic mass is 9.85. The monoisotopic (exact) mass is 436 g/mol. The molecule has 2 amide bonds. The van der Waals surface area contributed by atoms with Crippen LogP contribution in [-0.4, -0.2) is 41.8 Å². The van der Waals surface area contributed by atoms with Gasteiger partial charge >= 0.3 is 12.1 Å². The molecule has 2 aliphatic rings. The summed E-state index contributed by atoms with van der Waals surface area (Å²) in [5, 5.41) is 14.6. The van der Waals surface area contributed by atoms with Gasteiger partial charge < -0.3 is 20.5 Å². The van der Waals surface area contributed by atoms with Gasteiger partial charge in [-0.05, 0) is 48.4 Å². The van der Waals surface area contributed by atoms with Gasteiger partial charge in [-0.25, -0.2) is 4.79 Å². The Hall–Kier alpha value is -3.35. The zero-order valence-corrected chi connectivity index (χ0v) is 18.0. The number of benzene rings is 2. The number of hydrogen-bond donors (Lipinski definition) is 3. The van der Waals surface area contributed by atoms with Crippen LogP contribution in [0.2, 0.25) is 0 Å². The molecule has 0 aliphatic heterocycles. The summed E-state index contributed by atoms with van der Waals surface area (Å²) in [5.74, 6) is -1.64. The standard InChI is InChI=1S/C25H28N2O5/c1-15(23(28)27-17-8-6-7-16(13-17)24(29)30)26-25(31)32-14-22-20-11-4-2-9-18(20)19-10-3-5-12-21(19)22/h2-5,9-12,15-17,22H,6-8,13-14H2,1H3,(H,26,31)(H,27,28)(H,29,30)/t15-,16+,17-/m1/s1. The average Bonchev–Trinajstić information content (AvgIpc) is 3.11. The number of alkyl carbamates (subject to hydrolysis) is 1. The fraction of sp³-hybridized carbons (Fsp3) is 0.400. The lowest BCUT2D eigenvalue weighted by molar-refractivity contribution is -0.143. The molecule has 1 fully saturated rings. The highest BCUT2D eigenvalue weighted by Crippen LogP contribution is 2.44. The Balaban J connectivity index is 1.30. The number of carbonyl (C=O) groups is 3. The van der Waals surface area contributed by atoms with Gasteiger partial charge in [0.2, 0.25) is 5.91 Å². The van der Waals surface area contributed by atoms with Gasteiger partial charge in [0.05, 0.1) is 5.92 Å². The number of nitrogens with one attached hydrogen (secondary N) is 2. The van der Waals surface area contributed by atoms with E-state index < -0.39 is 24.0 Å². The highest BCUT2D eigenvalue weighted by Gasteiger charge is 2.31. The molecule has 0 radical (unpaired) electrons. The second-order valence-electron chi connectivity index (χ2n) is 8.60. The lowest BCUT2D eigenvalue weighted by Gasteiger charge is -2.28. The van der Waals surface area contributed by atoms with Crippen molar-refractivity contribution in [2.75, 3.05) is 6.61 Å². The van der Waals surface area contributed by atoms with Crippen LogP contribution in [0.1, 0.15) is 49.7 Å². The molecule has 32 heavy (non-hydrogen) atoms. The molecule has 2 aliphatic carbocycles. The average molecular weight is 437 g/mol. The molecule has 0 saturated heterocycles. The van der Waals surface area contributed by atoms with E-state index >= 15 is 0 Å². The third-order valence-corrected chi connectivity index (χ3v) is 6.44. The van der Waals surface area contributed by atoms with Gasteiger partial charge in [-0.3, -0.25) is 9.59 Å². The van der Waals surface area contributed by atoms with Crippen LogP contribution in [-0.2, 0) is 14.3 Å². The van der Waals surface area contributed by atoms with Crippen LogP contribution in [0.15, 0.2) is 48.5 Å². The number of amides is 2. The van der Waals surface area contributed by atoms with Gasteiger partial charge in [0.1, 0.15) is 12.6 Å². The van der Waals surface area contributed by atoms with Crippen LogP contribution < -0.4 is 10.6 Å². The molecule has 4 rings (SSSR count). The molecule has 1 saturated carbocycles. The molecule has 2 aromatic rings. The Labute approximate surface area is 187 Å². The molecule has 168 valence electrons. The van der Waals surface area contributed by atoms with E-state index in [0.29, 0.717) is 12.8 Å². The van der Waals surface area contributed by atoms with E-state index in [2.05, 4.69) is 22.8 Å². The van der Waals surface area contributed by atoms with Crippen molar-refractivity contribution in [3.63, 3.8) is 0 Å². The third kappa shape index (κ3) is 4.61. The normalized spacial score (nSPS) is 20.5. The highest BCUT2D eigenvalue weighted by molar-refractivity contribution is 5.85. The van der Waals surface area contributed by atoms with Crippen LogP contribution in [0.5, 0.6) is 0 Å². The summed E-state index contributed by atoms with van der Waals surface area (Å²) in [5.41, 5.74) is 4.55. The van der Waals surface area contributed by atoms with E-state index in [9.17, 15) is 19.5 Å². The molecule has 2 aromatic carbocycles. The summed E-state index contributed by atoms with van der Waals surface area (Å²) in [6, 6.07) is 15.2. The number of hydrogen-bond acceptors (Lipinski definition) is 4. The first kappa shape index (κ1) is 21.9. The second-order valence-corrected chi connectivity index (χ2v) is 8.60. The number of rotatable bonds is 6. The van der Waals surface area contributed by atoms with Gasteiger partial charge in [-0.1, -0.05) is 55.0 Å². The SMILES string of the molecule is C[C@@H](NC(=O)OCC1c2ccccc2-c2ccccc21)C(=O)N[C@@H]1CCC[C@H](C(=O)O)C1. The molecule has 0 aromatic heterocycles. The van der Waals surface area contributed by atoms with Crippen LogP contribution >= 0.6 is 0 Å². The van der Waals surface area contributed by atoms with E-state index in [0.717, 1.165) is 35.1 Å². The highest BCUT2D eigenvalue weighted by atomic mass is 16.5. The van der Waals surface area contributed by atoms with E-state index in [1.165, 1.54) is 0 Å². The van der Waals surface area contributed by atoms with Crippen LogP contribution in [0.25, 0.3) is 11.1 Å². The van der Waals surface area contributed by atoms with Gasteiger partial charge in [0.25, 0.3) is 0 Å². The number of aliphatic carboxylic acids is 1. The summed E-state index contributed by atoms with van der Waals surface area (Å²) in [6.07, 6.45) is 1.90. The molecule has 7 nitrogen and oxygen atoms in total. The maximum absolute atomic E-state index is 12.5. The first-order valence-electron chi connectivity index (χ1n) is 11.1. The molecule has 3 N–H and O–H groups in total. The van der Waals surface area contributed by atoms with E-state index in [1.807, 2.05) is 36.4 Å². The van der Waals surface area contributed by atoms with Crippen molar-refractivity contribution < 1.29 is 24.2 Å². The van der Waals surface area contributed by atoms with E-state index in [-0.39, 0.29) is 24.5 Å². The maximum Gasteiger partial charge on any atom is 0.407 e. The van der Waals surface area contributed by atoms with Crippen molar-refractivity contribution >= 4 is 18.0 Å². The molecule has 3 atom stereocenters. The number of ether oxygens (including phenoxy) is 1. The van der Waals surface area contributed by atoms with Crippen molar-refractivity contribution in [1.82, 2.24) is 10.6 Å². The van der Waals surface area contributed by atoms with Crippen molar-refractivity contribution in [1.29, 1.82) is 0 Å². The van der Waals surface area contributed by atoms with Crippen molar-refractivity contribution in [3.8, 4) is 11.1 Å². The molecule has 0 heterocycles. The third-order valence-electron chi connectivity index (χ3n) is 6.44. The summed E-state index contributed by atoms with van der Waals surface area (Å²) >= 11 is 0. The van der Waals surface area contributed by atoms with Gasteiger partial charge in [0, 0.05) is 12.0 Å². The number of carboxylic acid groups (broad SMARTS) is 1. The van der Waals surface area contributed by atoms with Crippen molar-refractivity contribution in [3.05, 3.63) is 59.7 Å². The molecule has 7 heteroatoms. The van der Waals surface area contributed by atoms with Gasteiger partial charge in [0.15, 0.2) is 0 Å². The molecular weight excluding hydrogens is 408 g/mol. The predicted molar refractivity (Wildman–Crippen MR) is 119 cm³/mol. The van der Waals surface area contributed by atoms with Crippen molar-refractivity contribution in [2.45, 2.75) is 50.6 Å². The predicted octanol–water partition coefficient (Wildman–Crippen LogP) is 3.67. The molecular formula is C25H28N2O5. The second kappa shape index (κ2) is 9.42. The molecule has 0 unspecified atom stereocenters. The Kier molecular flexibility index (Phi) is 6.44. The lowest BCUT2D eigenvalue weighted by Crippen LogP contribution is -2.49. The maximum atomic E-state index is 12.5. The summed E-state index contributed by atoms with van der Waals surface area (Å²) in [7, 11) is 0. The number of carbonyl (C=O) groups excluding carboxylic acids is 2. The summed E-state index contributed by atoms with van der Waals surface area (Å²) in [4.78, 5) is 36.1. The van der Waals surface area contributed by atoms with Gasteiger partial charge in [-0.2, -0.15) is 0 Å². The zero-order chi connectivity index (χ0) is 22.7. The fourth-order valence-corrected chi connectivity index (χ4v) is 4.75. The molecule has 0 spiro atoms.